The van der Waals surface area contributed by atoms with Crippen molar-refractivity contribution in [3.63, 3.8) is 0 Å². The van der Waals surface area contributed by atoms with E-state index in [-0.39, 0.29) is 5.91 Å². The van der Waals surface area contributed by atoms with E-state index in [0.29, 0.717) is 29.5 Å². The molecule has 0 bridgehead atoms. The largest absolute Gasteiger partial charge is 0.345 e. The number of hydrogen-bond acceptors (Lipinski definition) is 5. The van der Waals surface area contributed by atoms with Crippen LogP contribution in [-0.4, -0.2) is 25.8 Å². The normalized spacial score (nSPS) is 11.2. The fraction of sp³-hybridized carbons (Fsp3) is 0.125. The second-order valence-electron chi connectivity index (χ2n) is 7.85. The minimum absolute atomic E-state index is 0.187. The third kappa shape index (κ3) is 4.33. The molecule has 0 atom stereocenters. The number of amides is 1. The van der Waals surface area contributed by atoms with E-state index in [1.165, 1.54) is 0 Å². The summed E-state index contributed by atoms with van der Waals surface area (Å²) in [6.07, 6.45) is 5.52. The fourth-order valence-electron chi connectivity index (χ4n) is 3.81. The first-order valence-electron chi connectivity index (χ1n) is 10.4. The molecule has 0 aliphatic rings. The zero-order chi connectivity index (χ0) is 22.9. The number of hydrogen-bond donors (Lipinski definition) is 3. The number of aromatic nitrogens is 5. The molecule has 9 heteroatoms. The molecule has 33 heavy (non-hydrogen) atoms. The molecule has 0 unspecified atom stereocenters. The number of nitrogens with one attached hydrogen (secondary N) is 2. The lowest BCUT2D eigenvalue weighted by Gasteiger charge is -2.07. The molecule has 5 aromatic rings. The van der Waals surface area contributed by atoms with Crippen molar-refractivity contribution in [1.29, 1.82) is 0 Å². The average Bonchev–Trinajstić information content (AvgIpc) is 3.10. The molecule has 164 valence electrons. The van der Waals surface area contributed by atoms with Crippen LogP contribution in [0.15, 0.2) is 61.2 Å². The number of aryl methyl sites for hydroxylation is 1. The van der Waals surface area contributed by atoms with E-state index in [1.54, 1.807) is 35.3 Å². The van der Waals surface area contributed by atoms with Crippen molar-refractivity contribution in [3.05, 3.63) is 94.4 Å². The zero-order valence-corrected chi connectivity index (χ0v) is 18.6. The van der Waals surface area contributed by atoms with Crippen LogP contribution in [0.3, 0.4) is 0 Å². The SMILES string of the molecule is Cc1[nH]c(N)[n+]2cnc(CNC(=O)c3ccnc(Cc4ccc5ncc(Cl)cc5c4)c3)cc12. The number of aromatic amines is 1. The van der Waals surface area contributed by atoms with E-state index >= 15 is 0 Å². The van der Waals surface area contributed by atoms with Gasteiger partial charge in [0.2, 0.25) is 6.33 Å². The summed E-state index contributed by atoms with van der Waals surface area (Å²) in [7, 11) is 0. The van der Waals surface area contributed by atoms with Crippen molar-refractivity contribution >= 4 is 39.9 Å². The Bertz CT molecular complexity index is 1510. The van der Waals surface area contributed by atoms with E-state index in [9.17, 15) is 4.79 Å². The first kappa shape index (κ1) is 20.8. The molecule has 0 spiro atoms. The summed E-state index contributed by atoms with van der Waals surface area (Å²) in [5, 5.41) is 4.49. The van der Waals surface area contributed by atoms with Gasteiger partial charge in [-0.2, -0.15) is 4.40 Å². The standard InChI is InChI=1S/C24H20ClN7O/c1-14-22-10-20(30-13-32(22)24(26)31-14)12-29-23(33)16-4-5-27-19(9-16)7-15-2-3-21-17(6-15)8-18(25)11-28-21/h2-6,8-11,13H,7,12H2,1H3,(H3,26,29,31,33)/p+1. The number of fused-ring (bicyclic) bond motifs is 2. The van der Waals surface area contributed by atoms with Crippen LogP contribution in [0.4, 0.5) is 5.95 Å². The maximum Gasteiger partial charge on any atom is 0.316 e. The van der Waals surface area contributed by atoms with Gasteiger partial charge in [-0.15, -0.1) is 4.98 Å². The van der Waals surface area contributed by atoms with Crippen LogP contribution in [-0.2, 0) is 13.0 Å². The highest BCUT2D eigenvalue weighted by Gasteiger charge is 2.13. The Kier molecular flexibility index (Phi) is 5.35. The van der Waals surface area contributed by atoms with Crippen molar-refractivity contribution < 1.29 is 9.20 Å². The number of pyridine rings is 2. The van der Waals surface area contributed by atoms with Gasteiger partial charge in [0.25, 0.3) is 5.91 Å². The lowest BCUT2D eigenvalue weighted by molar-refractivity contribution is -0.498. The fourth-order valence-corrected chi connectivity index (χ4v) is 3.98. The van der Waals surface area contributed by atoms with Gasteiger partial charge in [0.1, 0.15) is 11.2 Å². The number of nitrogen functional groups attached to an aromatic ring is 1. The highest BCUT2D eigenvalue weighted by Crippen LogP contribution is 2.20. The molecule has 4 aromatic heterocycles. The smallest absolute Gasteiger partial charge is 0.316 e. The maximum absolute atomic E-state index is 12.7. The highest BCUT2D eigenvalue weighted by atomic mass is 35.5. The van der Waals surface area contributed by atoms with Crippen molar-refractivity contribution in [2.45, 2.75) is 19.9 Å². The topological polar surface area (TPSA) is 114 Å². The van der Waals surface area contributed by atoms with E-state index < -0.39 is 0 Å². The van der Waals surface area contributed by atoms with Crippen molar-refractivity contribution in [1.82, 2.24) is 25.3 Å². The molecule has 0 fully saturated rings. The number of imidazole rings is 1. The average molecular weight is 459 g/mol. The summed E-state index contributed by atoms with van der Waals surface area (Å²) in [5.41, 5.74) is 11.8. The molecular weight excluding hydrogens is 438 g/mol. The van der Waals surface area contributed by atoms with Crippen LogP contribution < -0.4 is 15.5 Å². The summed E-state index contributed by atoms with van der Waals surface area (Å²) >= 11 is 6.07. The molecule has 0 radical (unpaired) electrons. The zero-order valence-electron chi connectivity index (χ0n) is 17.8. The number of nitrogens with two attached hydrogens (primary N) is 1. The Morgan fingerprint density at radius 3 is 2.88 bits per heavy atom. The quantitative estimate of drug-likeness (QED) is 0.350. The van der Waals surface area contributed by atoms with Gasteiger partial charge in [-0.05, 0) is 42.8 Å². The summed E-state index contributed by atoms with van der Waals surface area (Å²) in [5.74, 6) is 0.327. The number of halogens is 1. The number of nitrogens with zero attached hydrogens (tertiary/aromatic N) is 4. The van der Waals surface area contributed by atoms with Gasteiger partial charge in [-0.3, -0.25) is 19.7 Å². The molecule has 1 amide bonds. The third-order valence-corrected chi connectivity index (χ3v) is 5.67. The van der Waals surface area contributed by atoms with Crippen LogP contribution in [0.25, 0.3) is 16.4 Å². The van der Waals surface area contributed by atoms with Gasteiger partial charge in [-0.25, -0.2) is 0 Å². The molecule has 0 aliphatic heterocycles. The predicted molar refractivity (Wildman–Crippen MR) is 126 cm³/mol. The molecule has 5 rings (SSSR count). The van der Waals surface area contributed by atoms with Gasteiger partial charge in [0.05, 0.1) is 22.8 Å². The molecular formula is C24H21ClN7O+. The Morgan fingerprint density at radius 1 is 1.12 bits per heavy atom. The Balaban J connectivity index is 1.29. The first-order chi connectivity index (χ1) is 16.0. The van der Waals surface area contributed by atoms with Crippen LogP contribution in [0, 0.1) is 6.92 Å². The van der Waals surface area contributed by atoms with Gasteiger partial charge >= 0.3 is 5.95 Å². The molecule has 0 saturated heterocycles. The molecule has 8 nitrogen and oxygen atoms in total. The Hall–Kier alpha value is -4.04. The van der Waals surface area contributed by atoms with Crippen LogP contribution in [0.5, 0.6) is 0 Å². The molecule has 0 aliphatic carbocycles. The van der Waals surface area contributed by atoms with E-state index in [2.05, 4.69) is 25.3 Å². The number of carbonyl (C=O) groups excluding carboxylic acids is 1. The van der Waals surface area contributed by atoms with E-state index in [1.807, 2.05) is 37.3 Å². The minimum atomic E-state index is -0.187. The van der Waals surface area contributed by atoms with Gasteiger partial charge in [0.15, 0.2) is 0 Å². The summed E-state index contributed by atoms with van der Waals surface area (Å²) in [6.45, 7) is 2.24. The number of carbonyl (C=O) groups is 1. The number of anilines is 1. The summed E-state index contributed by atoms with van der Waals surface area (Å²) in [4.78, 5) is 28.9. The molecule has 4 heterocycles. The van der Waals surface area contributed by atoms with E-state index in [0.717, 1.165) is 39.1 Å². The number of H-pyrrole nitrogens is 1. The third-order valence-electron chi connectivity index (χ3n) is 5.47. The summed E-state index contributed by atoms with van der Waals surface area (Å²) < 4.78 is 1.77. The minimum Gasteiger partial charge on any atom is -0.345 e. The monoisotopic (exact) mass is 458 g/mol. The lowest BCUT2D eigenvalue weighted by atomic mass is 10.0. The Labute approximate surface area is 194 Å². The summed E-state index contributed by atoms with van der Waals surface area (Å²) in [6, 6.07) is 13.3. The molecule has 4 N–H and O–H groups in total. The maximum atomic E-state index is 12.7. The van der Waals surface area contributed by atoms with Gasteiger partial charge in [0, 0.05) is 41.5 Å². The second-order valence-corrected chi connectivity index (χ2v) is 8.28. The second kappa shape index (κ2) is 8.48. The van der Waals surface area contributed by atoms with Gasteiger partial charge < -0.3 is 11.1 Å². The molecule has 0 saturated carbocycles. The number of benzene rings is 1. The lowest BCUT2D eigenvalue weighted by Crippen LogP contribution is -2.27. The molecule has 1 aromatic carbocycles. The van der Waals surface area contributed by atoms with Crippen LogP contribution in [0.2, 0.25) is 5.02 Å². The van der Waals surface area contributed by atoms with Crippen LogP contribution >= 0.6 is 11.6 Å². The highest BCUT2D eigenvalue weighted by molar-refractivity contribution is 6.31. The van der Waals surface area contributed by atoms with Crippen molar-refractivity contribution in [3.8, 4) is 0 Å². The van der Waals surface area contributed by atoms with Crippen molar-refractivity contribution in [2.75, 3.05) is 5.73 Å². The van der Waals surface area contributed by atoms with Gasteiger partial charge in [-0.1, -0.05) is 17.7 Å². The van der Waals surface area contributed by atoms with Crippen molar-refractivity contribution in [2.24, 2.45) is 0 Å². The first-order valence-corrected chi connectivity index (χ1v) is 10.8. The Morgan fingerprint density at radius 2 is 2.00 bits per heavy atom. The van der Waals surface area contributed by atoms with Crippen LogP contribution in [0.1, 0.15) is 33.0 Å². The number of rotatable bonds is 5. The van der Waals surface area contributed by atoms with E-state index in [4.69, 9.17) is 17.3 Å². The predicted octanol–water partition coefficient (Wildman–Crippen LogP) is 3.16.